The maximum Gasteiger partial charge on any atom is 0.191 e. The number of hydrogen-bond donors (Lipinski definition) is 1. The van der Waals surface area contributed by atoms with Gasteiger partial charge in [-0.1, -0.05) is 33.6 Å². The van der Waals surface area contributed by atoms with E-state index in [2.05, 4.69) is 30.7 Å². The van der Waals surface area contributed by atoms with E-state index in [0.717, 1.165) is 25.0 Å². The largest absolute Gasteiger partial charge is 0.370 e. The van der Waals surface area contributed by atoms with Crippen molar-refractivity contribution in [1.82, 2.24) is 4.90 Å². The molecule has 1 heterocycles. The molecule has 1 aliphatic carbocycles. The Morgan fingerprint density at radius 2 is 2.06 bits per heavy atom. The minimum atomic E-state index is 0.276. The fourth-order valence-corrected chi connectivity index (χ4v) is 3.63. The lowest BCUT2D eigenvalue weighted by atomic mass is 9.74. The van der Waals surface area contributed by atoms with Gasteiger partial charge in [-0.05, 0) is 37.5 Å². The second-order valence-electron chi connectivity index (χ2n) is 6.64. The SMILES string of the molecule is CCCC1CCC2(CC1)CN=C(N)N2CC(C)C. The minimum Gasteiger partial charge on any atom is -0.370 e. The first-order valence-corrected chi connectivity index (χ1v) is 7.65. The van der Waals surface area contributed by atoms with E-state index in [1.807, 2.05) is 0 Å². The molecule has 0 radical (unpaired) electrons. The summed E-state index contributed by atoms with van der Waals surface area (Å²) >= 11 is 0. The minimum absolute atomic E-state index is 0.276. The van der Waals surface area contributed by atoms with Crippen molar-refractivity contribution in [3.8, 4) is 0 Å². The molecule has 0 aromatic heterocycles. The first-order chi connectivity index (χ1) is 8.57. The maximum atomic E-state index is 6.10. The molecule has 18 heavy (non-hydrogen) atoms. The number of nitrogens with two attached hydrogens (primary N) is 1. The van der Waals surface area contributed by atoms with Gasteiger partial charge in [0.15, 0.2) is 5.96 Å². The van der Waals surface area contributed by atoms with E-state index in [1.165, 1.54) is 38.5 Å². The Kier molecular flexibility index (Phi) is 4.18. The number of guanidine groups is 1. The summed E-state index contributed by atoms with van der Waals surface area (Å²) in [6.07, 6.45) is 8.03. The average Bonchev–Trinajstić information content (AvgIpc) is 2.62. The normalized spacial score (nSPS) is 32.3. The van der Waals surface area contributed by atoms with Crippen LogP contribution in [0.25, 0.3) is 0 Å². The molecule has 0 amide bonds. The molecule has 3 nitrogen and oxygen atoms in total. The van der Waals surface area contributed by atoms with Crippen molar-refractivity contribution >= 4 is 5.96 Å². The quantitative estimate of drug-likeness (QED) is 0.834. The van der Waals surface area contributed by atoms with E-state index in [-0.39, 0.29) is 5.54 Å². The van der Waals surface area contributed by atoms with Crippen LogP contribution in [0.4, 0.5) is 0 Å². The van der Waals surface area contributed by atoms with Crippen molar-refractivity contribution in [3.63, 3.8) is 0 Å². The predicted octanol–water partition coefficient (Wildman–Crippen LogP) is 3.00. The molecule has 0 saturated heterocycles. The monoisotopic (exact) mass is 251 g/mol. The van der Waals surface area contributed by atoms with E-state index >= 15 is 0 Å². The summed E-state index contributed by atoms with van der Waals surface area (Å²) in [5.74, 6) is 2.39. The highest BCUT2D eigenvalue weighted by molar-refractivity contribution is 5.81. The first kappa shape index (κ1) is 13.7. The highest BCUT2D eigenvalue weighted by Gasteiger charge is 2.44. The Morgan fingerprint density at radius 1 is 1.39 bits per heavy atom. The van der Waals surface area contributed by atoms with Crippen molar-refractivity contribution in [2.75, 3.05) is 13.1 Å². The van der Waals surface area contributed by atoms with Crippen LogP contribution in [0.15, 0.2) is 4.99 Å². The van der Waals surface area contributed by atoms with Crippen LogP contribution < -0.4 is 5.73 Å². The van der Waals surface area contributed by atoms with Gasteiger partial charge in [-0.2, -0.15) is 0 Å². The van der Waals surface area contributed by atoms with Crippen LogP contribution in [0.2, 0.25) is 0 Å². The summed E-state index contributed by atoms with van der Waals surface area (Å²) in [5, 5.41) is 0. The second-order valence-corrected chi connectivity index (χ2v) is 6.64. The van der Waals surface area contributed by atoms with Crippen LogP contribution in [-0.2, 0) is 0 Å². The van der Waals surface area contributed by atoms with Gasteiger partial charge in [0.25, 0.3) is 0 Å². The highest BCUT2D eigenvalue weighted by Crippen LogP contribution is 2.40. The maximum absolute atomic E-state index is 6.10. The smallest absolute Gasteiger partial charge is 0.191 e. The molecule has 1 saturated carbocycles. The Hall–Kier alpha value is -0.730. The van der Waals surface area contributed by atoms with Crippen molar-refractivity contribution in [3.05, 3.63) is 0 Å². The molecular formula is C15H29N3. The van der Waals surface area contributed by atoms with E-state index in [0.29, 0.717) is 5.92 Å². The Balaban J connectivity index is 1.99. The van der Waals surface area contributed by atoms with Crippen LogP contribution in [0.1, 0.15) is 59.3 Å². The van der Waals surface area contributed by atoms with Gasteiger partial charge in [-0.3, -0.25) is 4.99 Å². The third-order valence-corrected chi connectivity index (χ3v) is 4.67. The van der Waals surface area contributed by atoms with E-state index in [9.17, 15) is 0 Å². The Morgan fingerprint density at radius 3 is 2.61 bits per heavy atom. The van der Waals surface area contributed by atoms with E-state index in [4.69, 9.17) is 5.73 Å². The van der Waals surface area contributed by atoms with Gasteiger partial charge in [-0.15, -0.1) is 0 Å². The lowest BCUT2D eigenvalue weighted by Gasteiger charge is -2.45. The molecule has 1 aliphatic heterocycles. The van der Waals surface area contributed by atoms with Gasteiger partial charge >= 0.3 is 0 Å². The van der Waals surface area contributed by atoms with E-state index < -0.39 is 0 Å². The van der Waals surface area contributed by atoms with Crippen LogP contribution in [0.5, 0.6) is 0 Å². The van der Waals surface area contributed by atoms with Gasteiger partial charge in [-0.25, -0.2) is 0 Å². The third-order valence-electron chi connectivity index (χ3n) is 4.67. The number of nitrogens with zero attached hydrogens (tertiary/aromatic N) is 2. The number of hydrogen-bond acceptors (Lipinski definition) is 3. The van der Waals surface area contributed by atoms with Crippen molar-refractivity contribution in [2.45, 2.75) is 64.8 Å². The van der Waals surface area contributed by atoms with Gasteiger partial charge in [0, 0.05) is 6.54 Å². The standard InChI is InChI=1S/C15H29N3/c1-4-5-13-6-8-15(9-7-13)11-17-14(16)18(15)10-12(2)3/h12-13H,4-11H2,1-3H3,(H2,16,17). The fraction of sp³-hybridized carbons (Fsp3) is 0.933. The highest BCUT2D eigenvalue weighted by atomic mass is 15.4. The van der Waals surface area contributed by atoms with Gasteiger partial charge in [0.2, 0.25) is 0 Å². The van der Waals surface area contributed by atoms with Crippen molar-refractivity contribution in [2.24, 2.45) is 22.6 Å². The first-order valence-electron chi connectivity index (χ1n) is 7.65. The van der Waals surface area contributed by atoms with Crippen LogP contribution in [-0.4, -0.2) is 29.5 Å². The average molecular weight is 251 g/mol. The summed E-state index contributed by atoms with van der Waals surface area (Å²) < 4.78 is 0. The molecule has 1 fully saturated rings. The Labute approximate surface area is 112 Å². The van der Waals surface area contributed by atoms with Gasteiger partial charge in [0.1, 0.15) is 0 Å². The summed E-state index contributed by atoms with van der Waals surface area (Å²) in [7, 11) is 0. The molecule has 3 heteroatoms. The van der Waals surface area contributed by atoms with E-state index in [1.54, 1.807) is 0 Å². The number of rotatable bonds is 4. The fourth-order valence-electron chi connectivity index (χ4n) is 3.63. The van der Waals surface area contributed by atoms with Crippen LogP contribution >= 0.6 is 0 Å². The second kappa shape index (κ2) is 5.50. The van der Waals surface area contributed by atoms with Gasteiger partial charge in [0.05, 0.1) is 12.1 Å². The van der Waals surface area contributed by atoms with Crippen LogP contribution in [0, 0.1) is 11.8 Å². The summed E-state index contributed by atoms with van der Waals surface area (Å²) in [6, 6.07) is 0. The summed E-state index contributed by atoms with van der Waals surface area (Å²) in [5.41, 5.74) is 6.38. The molecule has 2 aliphatic rings. The Bertz CT molecular complexity index is 301. The zero-order chi connectivity index (χ0) is 13.2. The topological polar surface area (TPSA) is 41.6 Å². The lowest BCUT2D eigenvalue weighted by molar-refractivity contribution is 0.104. The molecule has 0 unspecified atom stereocenters. The van der Waals surface area contributed by atoms with Crippen LogP contribution in [0.3, 0.4) is 0 Å². The summed E-state index contributed by atoms with van der Waals surface area (Å²) in [4.78, 5) is 6.96. The predicted molar refractivity (Wildman–Crippen MR) is 77.6 cm³/mol. The number of aliphatic imine (C=N–C) groups is 1. The third kappa shape index (κ3) is 2.65. The zero-order valence-electron chi connectivity index (χ0n) is 12.3. The molecule has 0 aromatic rings. The molecule has 0 bridgehead atoms. The molecule has 0 aromatic carbocycles. The van der Waals surface area contributed by atoms with Crippen molar-refractivity contribution in [1.29, 1.82) is 0 Å². The molecule has 104 valence electrons. The molecule has 2 N–H and O–H groups in total. The molecule has 1 spiro atoms. The summed E-state index contributed by atoms with van der Waals surface area (Å²) in [6.45, 7) is 8.83. The van der Waals surface area contributed by atoms with Crippen molar-refractivity contribution < 1.29 is 0 Å². The lowest BCUT2D eigenvalue weighted by Crippen LogP contribution is -2.54. The zero-order valence-corrected chi connectivity index (χ0v) is 12.3. The molecular weight excluding hydrogens is 222 g/mol. The molecule has 2 rings (SSSR count). The molecule has 0 atom stereocenters. The van der Waals surface area contributed by atoms with Gasteiger partial charge < -0.3 is 10.6 Å².